The van der Waals surface area contributed by atoms with Crippen molar-refractivity contribution in [2.24, 2.45) is 0 Å². The van der Waals surface area contributed by atoms with Gasteiger partial charge in [-0.05, 0) is 54.8 Å². The maximum Gasteiger partial charge on any atom is 0.150 e. The molecule has 0 amide bonds. The molecule has 0 saturated carbocycles. The predicted molar refractivity (Wildman–Crippen MR) is 71.1 cm³/mol. The van der Waals surface area contributed by atoms with Crippen LogP contribution in [0.2, 0.25) is 0 Å². The van der Waals surface area contributed by atoms with Gasteiger partial charge in [-0.3, -0.25) is 4.79 Å². The zero-order chi connectivity index (χ0) is 12.8. The summed E-state index contributed by atoms with van der Waals surface area (Å²) in [6.07, 6.45) is 5.57. The lowest BCUT2D eigenvalue weighted by Gasteiger charge is -2.04. The van der Waals surface area contributed by atoms with Crippen molar-refractivity contribution < 1.29 is 9.90 Å². The Balaban J connectivity index is 3.11. The van der Waals surface area contributed by atoms with Crippen molar-refractivity contribution in [1.29, 1.82) is 0 Å². The van der Waals surface area contributed by atoms with E-state index in [1.165, 1.54) is 6.08 Å². The van der Waals surface area contributed by atoms with E-state index in [4.69, 9.17) is 0 Å². The highest BCUT2D eigenvalue weighted by molar-refractivity contribution is 5.78. The molecule has 0 heterocycles. The molecule has 88 valence electrons. The maximum atomic E-state index is 10.8. The summed E-state index contributed by atoms with van der Waals surface area (Å²) in [5, 5.41) is 9.25. The number of hydrogen-bond donors (Lipinski definition) is 1. The largest absolute Gasteiger partial charge is 0.508 e. The number of aliphatic hydroxyl groups is 1. The van der Waals surface area contributed by atoms with E-state index in [-0.39, 0.29) is 5.76 Å². The van der Waals surface area contributed by atoms with Crippen molar-refractivity contribution >= 4 is 11.9 Å². The summed E-state index contributed by atoms with van der Waals surface area (Å²) in [6, 6.07) is 5.66. The highest BCUT2D eigenvalue weighted by Crippen LogP contribution is 2.17. The van der Waals surface area contributed by atoms with Crippen molar-refractivity contribution in [2.75, 3.05) is 0 Å². The van der Waals surface area contributed by atoms with Gasteiger partial charge in [-0.2, -0.15) is 0 Å². The topological polar surface area (TPSA) is 37.3 Å². The molecule has 17 heavy (non-hydrogen) atoms. The molecule has 2 heteroatoms. The van der Waals surface area contributed by atoms with Gasteiger partial charge >= 0.3 is 0 Å². The quantitative estimate of drug-likeness (QED) is 0.483. The number of rotatable bonds is 4. The van der Waals surface area contributed by atoms with Gasteiger partial charge in [0.2, 0.25) is 0 Å². The Hall–Kier alpha value is -2.09. The number of aliphatic hydroxyl groups excluding tert-OH is 1. The molecule has 0 fully saturated rings. The Bertz CT molecular complexity index is 494. The first-order valence-electron chi connectivity index (χ1n) is 5.34. The van der Waals surface area contributed by atoms with Crippen molar-refractivity contribution in [3.8, 4) is 0 Å². The molecule has 0 saturated heterocycles. The van der Waals surface area contributed by atoms with Crippen LogP contribution < -0.4 is 0 Å². The SMILES string of the molecule is C=C/C(O)=C\C=C(/C)c1cc(C)cc(C=O)c1. The van der Waals surface area contributed by atoms with Crippen LogP contribution in [0.1, 0.15) is 28.4 Å². The van der Waals surface area contributed by atoms with Crippen LogP contribution in [0.25, 0.3) is 5.57 Å². The second-order valence-electron chi connectivity index (χ2n) is 3.90. The van der Waals surface area contributed by atoms with Gasteiger partial charge in [0.15, 0.2) is 0 Å². The summed E-state index contributed by atoms with van der Waals surface area (Å²) in [5.74, 6) is 0.118. The molecule has 0 aliphatic carbocycles. The number of carbonyl (C=O) groups is 1. The van der Waals surface area contributed by atoms with E-state index in [1.54, 1.807) is 12.2 Å². The molecule has 1 aromatic rings. The molecule has 2 nitrogen and oxygen atoms in total. The van der Waals surface area contributed by atoms with E-state index < -0.39 is 0 Å². The molecule has 1 rings (SSSR count). The standard InChI is InChI=1S/C15H16O2/c1-4-15(17)6-5-12(3)14-8-11(2)7-13(9-14)10-16/h4-10,17H,1H2,2-3H3/b12-5+,15-6+. The predicted octanol–water partition coefficient (Wildman–Crippen LogP) is 3.84. The number of allylic oxidation sites excluding steroid dienone is 4. The van der Waals surface area contributed by atoms with Crippen LogP contribution in [0.3, 0.4) is 0 Å². The monoisotopic (exact) mass is 228 g/mol. The third-order valence-corrected chi connectivity index (χ3v) is 2.40. The molecule has 0 unspecified atom stereocenters. The van der Waals surface area contributed by atoms with Gasteiger partial charge in [0.05, 0.1) is 0 Å². The lowest BCUT2D eigenvalue weighted by molar-refractivity contribution is 0.112. The second-order valence-corrected chi connectivity index (χ2v) is 3.90. The van der Waals surface area contributed by atoms with E-state index >= 15 is 0 Å². The van der Waals surface area contributed by atoms with Gasteiger partial charge in [0.1, 0.15) is 12.0 Å². The number of aldehydes is 1. The first-order chi connectivity index (χ1) is 8.06. The molecular weight excluding hydrogens is 212 g/mol. The normalized spacial score (nSPS) is 12.4. The Kier molecular flexibility index (Phi) is 4.46. The van der Waals surface area contributed by atoms with E-state index in [2.05, 4.69) is 6.58 Å². The lowest BCUT2D eigenvalue weighted by Crippen LogP contribution is -1.87. The zero-order valence-corrected chi connectivity index (χ0v) is 10.1. The average molecular weight is 228 g/mol. The lowest BCUT2D eigenvalue weighted by atomic mass is 10.0. The number of benzene rings is 1. The third kappa shape index (κ3) is 3.76. The van der Waals surface area contributed by atoms with Gasteiger partial charge in [0, 0.05) is 5.56 Å². The zero-order valence-electron chi connectivity index (χ0n) is 10.1. The first-order valence-corrected chi connectivity index (χ1v) is 5.34. The summed E-state index contributed by atoms with van der Waals surface area (Å²) in [5.41, 5.74) is 3.64. The van der Waals surface area contributed by atoms with Crippen LogP contribution >= 0.6 is 0 Å². The minimum atomic E-state index is 0.118. The van der Waals surface area contributed by atoms with Crippen LogP contribution in [-0.4, -0.2) is 11.4 Å². The van der Waals surface area contributed by atoms with Gasteiger partial charge in [-0.15, -0.1) is 0 Å². The van der Waals surface area contributed by atoms with Crippen molar-refractivity contribution in [3.63, 3.8) is 0 Å². The molecule has 1 N–H and O–H groups in total. The molecular formula is C15H16O2. The van der Waals surface area contributed by atoms with Gasteiger partial charge in [-0.1, -0.05) is 18.7 Å². The molecule has 1 aromatic carbocycles. The molecule has 0 bridgehead atoms. The minimum Gasteiger partial charge on any atom is -0.508 e. The Morgan fingerprint density at radius 2 is 2.00 bits per heavy atom. The Labute approximate surface area is 102 Å². The van der Waals surface area contributed by atoms with E-state index in [9.17, 15) is 9.90 Å². The summed E-state index contributed by atoms with van der Waals surface area (Å²) < 4.78 is 0. The molecule has 0 radical (unpaired) electrons. The van der Waals surface area contributed by atoms with Crippen LogP contribution in [0.5, 0.6) is 0 Å². The fourth-order valence-electron chi connectivity index (χ4n) is 1.48. The number of hydrogen-bond acceptors (Lipinski definition) is 2. The minimum absolute atomic E-state index is 0.118. The second kappa shape index (κ2) is 5.85. The van der Waals surface area contributed by atoms with Crippen molar-refractivity contribution in [3.05, 3.63) is 65.5 Å². The van der Waals surface area contributed by atoms with Crippen LogP contribution in [-0.2, 0) is 0 Å². The fourth-order valence-corrected chi connectivity index (χ4v) is 1.48. The molecule has 0 aliphatic rings. The number of aryl methyl sites for hydroxylation is 1. The summed E-state index contributed by atoms with van der Waals surface area (Å²) in [4.78, 5) is 10.8. The highest BCUT2D eigenvalue weighted by atomic mass is 16.3. The third-order valence-electron chi connectivity index (χ3n) is 2.40. The van der Waals surface area contributed by atoms with Crippen LogP contribution in [0.4, 0.5) is 0 Å². The summed E-state index contributed by atoms with van der Waals surface area (Å²) >= 11 is 0. The van der Waals surface area contributed by atoms with E-state index in [0.717, 1.165) is 23.0 Å². The first kappa shape index (κ1) is 13.0. The Morgan fingerprint density at radius 1 is 1.29 bits per heavy atom. The highest BCUT2D eigenvalue weighted by Gasteiger charge is 1.99. The Morgan fingerprint density at radius 3 is 2.59 bits per heavy atom. The smallest absolute Gasteiger partial charge is 0.150 e. The van der Waals surface area contributed by atoms with Gasteiger partial charge in [0.25, 0.3) is 0 Å². The molecule has 0 aliphatic heterocycles. The van der Waals surface area contributed by atoms with Gasteiger partial charge < -0.3 is 5.11 Å². The average Bonchev–Trinajstić information content (AvgIpc) is 2.34. The molecule has 0 aromatic heterocycles. The van der Waals surface area contributed by atoms with Crippen molar-refractivity contribution in [1.82, 2.24) is 0 Å². The fraction of sp³-hybridized carbons (Fsp3) is 0.133. The summed E-state index contributed by atoms with van der Waals surface area (Å²) in [7, 11) is 0. The van der Waals surface area contributed by atoms with E-state index in [1.807, 2.05) is 32.0 Å². The van der Waals surface area contributed by atoms with Crippen LogP contribution in [0, 0.1) is 6.92 Å². The van der Waals surface area contributed by atoms with Crippen LogP contribution in [0.15, 0.2) is 48.8 Å². The molecule has 0 spiro atoms. The summed E-state index contributed by atoms with van der Waals surface area (Å²) in [6.45, 7) is 7.33. The van der Waals surface area contributed by atoms with Crippen molar-refractivity contribution in [2.45, 2.75) is 13.8 Å². The molecule has 0 atom stereocenters. The maximum absolute atomic E-state index is 10.8. The number of carbonyl (C=O) groups excluding carboxylic acids is 1. The van der Waals surface area contributed by atoms with E-state index in [0.29, 0.717) is 5.56 Å². The van der Waals surface area contributed by atoms with Gasteiger partial charge in [-0.25, -0.2) is 0 Å².